The van der Waals surface area contributed by atoms with Crippen LogP contribution in [-0.2, 0) is 4.79 Å². The van der Waals surface area contributed by atoms with Gasteiger partial charge < -0.3 is 10.1 Å². The molecule has 18 heavy (non-hydrogen) atoms. The number of anilines is 1. The van der Waals surface area contributed by atoms with Crippen molar-refractivity contribution in [1.29, 1.82) is 5.26 Å². The van der Waals surface area contributed by atoms with Crippen molar-refractivity contribution in [2.45, 2.75) is 13.3 Å². The second-order valence-electron chi connectivity index (χ2n) is 3.25. The van der Waals surface area contributed by atoms with Gasteiger partial charge in [-0.1, -0.05) is 0 Å². The van der Waals surface area contributed by atoms with E-state index in [0.29, 0.717) is 12.4 Å². The maximum Gasteiger partial charge on any atom is 0.271 e. The molecule has 0 saturated carbocycles. The van der Waals surface area contributed by atoms with Gasteiger partial charge in [0.15, 0.2) is 0 Å². The molecule has 1 rings (SSSR count). The quantitative estimate of drug-likeness (QED) is 0.633. The van der Waals surface area contributed by atoms with E-state index in [1.54, 1.807) is 13.0 Å². The molecule has 0 fully saturated rings. The van der Waals surface area contributed by atoms with Crippen molar-refractivity contribution in [3.63, 3.8) is 0 Å². The van der Waals surface area contributed by atoms with Crippen LogP contribution >= 0.6 is 0 Å². The number of non-ortho nitro benzene ring substituents is 1. The van der Waals surface area contributed by atoms with Crippen molar-refractivity contribution in [1.82, 2.24) is 0 Å². The summed E-state index contributed by atoms with van der Waals surface area (Å²) in [6, 6.07) is 5.57. The maximum absolute atomic E-state index is 11.3. The van der Waals surface area contributed by atoms with Gasteiger partial charge in [-0.05, 0) is 13.0 Å². The lowest BCUT2D eigenvalue weighted by Gasteiger charge is -2.10. The Balaban J connectivity index is 3.03. The molecule has 94 valence electrons. The fourth-order valence-corrected chi connectivity index (χ4v) is 1.28. The van der Waals surface area contributed by atoms with Crippen molar-refractivity contribution in [2.75, 3.05) is 11.9 Å². The second-order valence-corrected chi connectivity index (χ2v) is 3.25. The molecule has 1 N–H and O–H groups in total. The normalized spacial score (nSPS) is 9.33. The molecule has 0 aliphatic rings. The molecule has 0 spiro atoms. The van der Waals surface area contributed by atoms with Gasteiger partial charge in [0.05, 0.1) is 23.3 Å². The molecule has 0 radical (unpaired) electrons. The van der Waals surface area contributed by atoms with Crippen LogP contribution in [0.5, 0.6) is 5.75 Å². The van der Waals surface area contributed by atoms with Crippen LogP contribution in [0.1, 0.15) is 13.3 Å². The van der Waals surface area contributed by atoms with E-state index in [9.17, 15) is 14.9 Å². The molecule has 1 aromatic rings. The minimum atomic E-state index is -0.574. The minimum absolute atomic E-state index is 0.161. The molecule has 0 aliphatic heterocycles. The summed E-state index contributed by atoms with van der Waals surface area (Å²) >= 11 is 0. The van der Waals surface area contributed by atoms with Crippen LogP contribution in [0.25, 0.3) is 0 Å². The Morgan fingerprint density at radius 2 is 2.33 bits per heavy atom. The highest BCUT2D eigenvalue weighted by Gasteiger charge is 2.13. The van der Waals surface area contributed by atoms with Gasteiger partial charge in [-0.2, -0.15) is 5.26 Å². The molecule has 0 unspecified atom stereocenters. The Morgan fingerprint density at radius 1 is 1.61 bits per heavy atom. The summed E-state index contributed by atoms with van der Waals surface area (Å²) in [5, 5.41) is 21.4. The number of hydrogen-bond donors (Lipinski definition) is 1. The standard InChI is InChI=1S/C11H11N3O4/c1-2-18-10-4-3-8(14(16)17)7-9(10)13-11(15)5-6-12/h3-4,7H,2,5H2,1H3,(H,13,15). The van der Waals surface area contributed by atoms with Gasteiger partial charge in [0.25, 0.3) is 5.69 Å². The summed E-state index contributed by atoms with van der Waals surface area (Å²) in [6.07, 6.45) is -0.325. The number of nitriles is 1. The molecule has 0 atom stereocenters. The predicted molar refractivity (Wildman–Crippen MR) is 63.1 cm³/mol. The number of nitro groups is 1. The minimum Gasteiger partial charge on any atom is -0.492 e. The number of ether oxygens (including phenoxy) is 1. The van der Waals surface area contributed by atoms with Crippen LogP contribution in [-0.4, -0.2) is 17.4 Å². The van der Waals surface area contributed by atoms with E-state index >= 15 is 0 Å². The highest BCUT2D eigenvalue weighted by Crippen LogP contribution is 2.29. The van der Waals surface area contributed by atoms with Crippen LogP contribution in [0, 0.1) is 21.4 Å². The lowest BCUT2D eigenvalue weighted by Crippen LogP contribution is -2.11. The molecule has 1 amide bonds. The van der Waals surface area contributed by atoms with E-state index in [1.807, 2.05) is 0 Å². The Labute approximate surface area is 103 Å². The average molecular weight is 249 g/mol. The molecular formula is C11H11N3O4. The summed E-state index contributed by atoms with van der Waals surface area (Å²) < 4.78 is 5.23. The average Bonchev–Trinajstić information content (AvgIpc) is 2.31. The number of benzene rings is 1. The summed E-state index contributed by atoms with van der Waals surface area (Å²) in [6.45, 7) is 2.11. The topological polar surface area (TPSA) is 105 Å². The van der Waals surface area contributed by atoms with E-state index in [2.05, 4.69) is 5.32 Å². The Kier molecular flexibility index (Phi) is 4.63. The molecular weight excluding hydrogens is 238 g/mol. The fraction of sp³-hybridized carbons (Fsp3) is 0.273. The molecule has 0 heterocycles. The lowest BCUT2D eigenvalue weighted by molar-refractivity contribution is -0.384. The fourth-order valence-electron chi connectivity index (χ4n) is 1.28. The third-order valence-electron chi connectivity index (χ3n) is 1.99. The largest absolute Gasteiger partial charge is 0.492 e. The highest BCUT2D eigenvalue weighted by atomic mass is 16.6. The maximum atomic E-state index is 11.3. The van der Waals surface area contributed by atoms with Crippen molar-refractivity contribution < 1.29 is 14.5 Å². The highest BCUT2D eigenvalue weighted by molar-refractivity contribution is 5.93. The Morgan fingerprint density at radius 3 is 2.89 bits per heavy atom. The lowest BCUT2D eigenvalue weighted by atomic mass is 10.2. The smallest absolute Gasteiger partial charge is 0.271 e. The Bertz CT molecular complexity index is 508. The first-order chi connectivity index (χ1) is 8.58. The molecule has 7 nitrogen and oxygen atoms in total. The molecule has 0 aliphatic carbocycles. The number of amides is 1. The molecule has 7 heteroatoms. The van der Waals surface area contributed by atoms with Crippen LogP contribution in [0.3, 0.4) is 0 Å². The summed E-state index contributed by atoms with van der Waals surface area (Å²) in [7, 11) is 0. The Hall–Kier alpha value is -2.62. The van der Waals surface area contributed by atoms with E-state index in [4.69, 9.17) is 10.00 Å². The van der Waals surface area contributed by atoms with Gasteiger partial charge in [-0.3, -0.25) is 14.9 Å². The second kappa shape index (κ2) is 6.20. The monoisotopic (exact) mass is 249 g/mol. The number of carbonyl (C=O) groups is 1. The van der Waals surface area contributed by atoms with Crippen LogP contribution in [0.15, 0.2) is 18.2 Å². The van der Waals surface area contributed by atoms with Gasteiger partial charge in [0, 0.05) is 12.1 Å². The number of nitrogens with one attached hydrogen (secondary N) is 1. The zero-order chi connectivity index (χ0) is 13.5. The summed E-state index contributed by atoms with van der Waals surface area (Å²) in [4.78, 5) is 21.4. The first kappa shape index (κ1) is 13.4. The van der Waals surface area contributed by atoms with Crippen molar-refractivity contribution >= 4 is 17.3 Å². The van der Waals surface area contributed by atoms with Crippen molar-refractivity contribution in [3.05, 3.63) is 28.3 Å². The first-order valence-corrected chi connectivity index (χ1v) is 5.16. The van der Waals surface area contributed by atoms with Crippen molar-refractivity contribution in [3.8, 4) is 11.8 Å². The van der Waals surface area contributed by atoms with Gasteiger partial charge in [-0.15, -0.1) is 0 Å². The zero-order valence-electron chi connectivity index (χ0n) is 9.67. The molecule has 0 bridgehead atoms. The third-order valence-corrected chi connectivity index (χ3v) is 1.99. The van der Waals surface area contributed by atoms with Crippen LogP contribution < -0.4 is 10.1 Å². The SMILES string of the molecule is CCOc1ccc([N+](=O)[O-])cc1NC(=O)CC#N. The summed E-state index contributed by atoms with van der Waals surface area (Å²) in [5.41, 5.74) is 0.0250. The third kappa shape index (κ3) is 3.45. The van der Waals surface area contributed by atoms with E-state index < -0.39 is 10.8 Å². The van der Waals surface area contributed by atoms with E-state index in [1.165, 1.54) is 18.2 Å². The van der Waals surface area contributed by atoms with Gasteiger partial charge in [0.2, 0.25) is 5.91 Å². The number of hydrogen-bond acceptors (Lipinski definition) is 5. The summed E-state index contributed by atoms with van der Waals surface area (Å²) in [5.74, 6) is -0.214. The zero-order valence-corrected chi connectivity index (χ0v) is 9.67. The molecule has 0 saturated heterocycles. The van der Waals surface area contributed by atoms with Crippen LogP contribution in [0.2, 0.25) is 0 Å². The first-order valence-electron chi connectivity index (χ1n) is 5.16. The number of nitrogens with zero attached hydrogens (tertiary/aromatic N) is 2. The molecule has 1 aromatic carbocycles. The van der Waals surface area contributed by atoms with Gasteiger partial charge in [0.1, 0.15) is 12.2 Å². The van der Waals surface area contributed by atoms with Gasteiger partial charge in [-0.25, -0.2) is 0 Å². The number of rotatable bonds is 5. The van der Waals surface area contributed by atoms with E-state index in [0.717, 1.165) is 0 Å². The number of nitro benzene ring substituents is 1. The van der Waals surface area contributed by atoms with E-state index in [-0.39, 0.29) is 17.8 Å². The van der Waals surface area contributed by atoms with Crippen LogP contribution in [0.4, 0.5) is 11.4 Å². The predicted octanol–water partition coefficient (Wildman–Crippen LogP) is 1.85. The van der Waals surface area contributed by atoms with Gasteiger partial charge >= 0.3 is 0 Å². The van der Waals surface area contributed by atoms with Crippen molar-refractivity contribution in [2.24, 2.45) is 0 Å². The molecule has 0 aromatic heterocycles. The number of carbonyl (C=O) groups excluding carboxylic acids is 1.